The van der Waals surface area contributed by atoms with Gasteiger partial charge in [0.1, 0.15) is 0 Å². The number of carbonyl (C=O) groups is 1. The Labute approximate surface area is 79.3 Å². The van der Waals surface area contributed by atoms with Crippen LogP contribution in [0.5, 0.6) is 0 Å². The van der Waals surface area contributed by atoms with E-state index in [0.29, 0.717) is 0 Å². The van der Waals surface area contributed by atoms with Gasteiger partial charge in [-0.3, -0.25) is 0 Å². The number of hydrogen-bond donors (Lipinski definition) is 1. The third-order valence-electron chi connectivity index (χ3n) is 3.61. The van der Waals surface area contributed by atoms with Crippen molar-refractivity contribution < 1.29 is 4.79 Å². The van der Waals surface area contributed by atoms with E-state index in [4.69, 9.17) is 5.73 Å². The van der Waals surface area contributed by atoms with E-state index in [2.05, 4.69) is 6.92 Å². The monoisotopic (exact) mass is 182 g/mol. The first kappa shape index (κ1) is 8.85. The maximum Gasteiger partial charge on any atom is 0.314 e. The van der Waals surface area contributed by atoms with Crippen LogP contribution in [0.1, 0.15) is 26.2 Å². The number of primary amides is 1. The Kier molecular flexibility index (Phi) is 2.18. The van der Waals surface area contributed by atoms with Crippen LogP contribution < -0.4 is 5.73 Å². The summed E-state index contributed by atoms with van der Waals surface area (Å²) >= 11 is 0. The maximum absolute atomic E-state index is 11.0. The van der Waals surface area contributed by atoms with Gasteiger partial charge in [-0.1, -0.05) is 6.92 Å². The molecule has 0 aromatic carbocycles. The number of hydrogen-bond acceptors (Lipinski definition) is 1. The molecule has 13 heavy (non-hydrogen) atoms. The molecule has 2 amide bonds. The first-order valence-electron chi connectivity index (χ1n) is 5.21. The SMILES string of the molecule is C[C@@H]1CC2CCN(C(N)=O)CC2C1. The maximum atomic E-state index is 11.0. The molecule has 2 rings (SSSR count). The third kappa shape index (κ3) is 1.64. The molecule has 2 unspecified atom stereocenters. The summed E-state index contributed by atoms with van der Waals surface area (Å²) in [5, 5.41) is 0. The number of nitrogens with zero attached hydrogens (tertiary/aromatic N) is 1. The zero-order valence-electron chi connectivity index (χ0n) is 8.20. The Morgan fingerprint density at radius 1 is 1.38 bits per heavy atom. The van der Waals surface area contributed by atoms with Crippen molar-refractivity contribution in [3.63, 3.8) is 0 Å². The smallest absolute Gasteiger partial charge is 0.314 e. The molecule has 3 nitrogen and oxygen atoms in total. The number of nitrogens with two attached hydrogens (primary N) is 1. The highest BCUT2D eigenvalue weighted by Crippen LogP contribution is 2.40. The van der Waals surface area contributed by atoms with Gasteiger partial charge >= 0.3 is 6.03 Å². The number of amides is 2. The van der Waals surface area contributed by atoms with Gasteiger partial charge in [0, 0.05) is 13.1 Å². The first-order valence-corrected chi connectivity index (χ1v) is 5.21. The van der Waals surface area contributed by atoms with Crippen LogP contribution in [0.15, 0.2) is 0 Å². The topological polar surface area (TPSA) is 46.3 Å². The van der Waals surface area contributed by atoms with E-state index in [1.165, 1.54) is 12.8 Å². The second-order valence-electron chi connectivity index (χ2n) is 4.67. The number of carbonyl (C=O) groups excluding carboxylic acids is 1. The average Bonchev–Trinajstić information content (AvgIpc) is 2.42. The quantitative estimate of drug-likeness (QED) is 0.605. The summed E-state index contributed by atoms with van der Waals surface area (Å²) in [5.41, 5.74) is 5.27. The Hall–Kier alpha value is -0.730. The highest BCUT2D eigenvalue weighted by Gasteiger charge is 2.36. The number of likely N-dealkylation sites (tertiary alicyclic amines) is 1. The van der Waals surface area contributed by atoms with Crippen molar-refractivity contribution in [2.24, 2.45) is 23.5 Å². The van der Waals surface area contributed by atoms with E-state index in [-0.39, 0.29) is 6.03 Å². The molecule has 1 heterocycles. The molecule has 1 saturated carbocycles. The molecule has 74 valence electrons. The molecular weight excluding hydrogens is 164 g/mol. The minimum Gasteiger partial charge on any atom is -0.351 e. The molecule has 3 heteroatoms. The third-order valence-corrected chi connectivity index (χ3v) is 3.61. The fourth-order valence-corrected chi connectivity index (χ4v) is 2.99. The fraction of sp³-hybridized carbons (Fsp3) is 0.900. The van der Waals surface area contributed by atoms with E-state index >= 15 is 0 Å². The van der Waals surface area contributed by atoms with Crippen molar-refractivity contribution in [3.05, 3.63) is 0 Å². The highest BCUT2D eigenvalue weighted by atomic mass is 16.2. The highest BCUT2D eigenvalue weighted by molar-refractivity contribution is 5.72. The Morgan fingerprint density at radius 2 is 2.08 bits per heavy atom. The van der Waals surface area contributed by atoms with Crippen LogP contribution in [0.3, 0.4) is 0 Å². The van der Waals surface area contributed by atoms with Crippen molar-refractivity contribution in [1.82, 2.24) is 4.90 Å². The molecule has 0 radical (unpaired) electrons. The van der Waals surface area contributed by atoms with Crippen LogP contribution >= 0.6 is 0 Å². The molecule has 2 N–H and O–H groups in total. The zero-order chi connectivity index (χ0) is 9.42. The van der Waals surface area contributed by atoms with E-state index in [9.17, 15) is 4.79 Å². The van der Waals surface area contributed by atoms with Crippen molar-refractivity contribution in [1.29, 1.82) is 0 Å². The van der Waals surface area contributed by atoms with Crippen LogP contribution in [0.4, 0.5) is 4.79 Å². The molecule has 0 aromatic heterocycles. The second-order valence-corrected chi connectivity index (χ2v) is 4.67. The lowest BCUT2D eigenvalue weighted by Gasteiger charge is -2.33. The molecule has 2 aliphatic rings. The largest absolute Gasteiger partial charge is 0.351 e. The lowest BCUT2D eigenvalue weighted by molar-refractivity contribution is 0.151. The molecule has 0 aromatic rings. The molecular formula is C10H18N2O. The summed E-state index contributed by atoms with van der Waals surface area (Å²) in [6.07, 6.45) is 3.81. The molecule has 1 aliphatic heterocycles. The Bertz CT molecular complexity index is 217. The Morgan fingerprint density at radius 3 is 2.77 bits per heavy atom. The van der Waals surface area contributed by atoms with E-state index in [1.54, 1.807) is 4.90 Å². The fourth-order valence-electron chi connectivity index (χ4n) is 2.99. The molecule has 2 fully saturated rings. The van der Waals surface area contributed by atoms with Gasteiger partial charge in [-0.25, -0.2) is 4.79 Å². The molecule has 0 spiro atoms. The van der Waals surface area contributed by atoms with Gasteiger partial charge in [0.05, 0.1) is 0 Å². The van der Waals surface area contributed by atoms with Gasteiger partial charge in [0.2, 0.25) is 0 Å². The van der Waals surface area contributed by atoms with Crippen molar-refractivity contribution >= 4 is 6.03 Å². The van der Waals surface area contributed by atoms with Gasteiger partial charge in [0.15, 0.2) is 0 Å². The number of piperidine rings is 1. The van der Waals surface area contributed by atoms with Crippen LogP contribution in [0.25, 0.3) is 0 Å². The van der Waals surface area contributed by atoms with Gasteiger partial charge in [0.25, 0.3) is 0 Å². The van der Waals surface area contributed by atoms with Crippen molar-refractivity contribution in [2.45, 2.75) is 26.2 Å². The predicted octanol–water partition coefficient (Wildman–Crippen LogP) is 1.43. The van der Waals surface area contributed by atoms with Gasteiger partial charge in [-0.05, 0) is 37.0 Å². The van der Waals surface area contributed by atoms with Gasteiger partial charge in [-0.2, -0.15) is 0 Å². The molecule has 3 atom stereocenters. The summed E-state index contributed by atoms with van der Waals surface area (Å²) in [7, 11) is 0. The number of urea groups is 1. The second kappa shape index (κ2) is 3.20. The standard InChI is InChI=1S/C10H18N2O/c1-7-4-8-2-3-12(10(11)13)6-9(8)5-7/h7-9H,2-6H2,1H3,(H2,11,13)/t7-,8?,9?/m1/s1. The predicted molar refractivity (Wildman–Crippen MR) is 51.2 cm³/mol. The van der Waals surface area contributed by atoms with E-state index in [0.717, 1.165) is 37.3 Å². The lowest BCUT2D eigenvalue weighted by Crippen LogP contribution is -2.44. The Balaban J connectivity index is 1.97. The number of rotatable bonds is 0. The van der Waals surface area contributed by atoms with Crippen LogP contribution in [0, 0.1) is 17.8 Å². The van der Waals surface area contributed by atoms with Crippen LogP contribution in [0.2, 0.25) is 0 Å². The minimum atomic E-state index is -0.238. The van der Waals surface area contributed by atoms with Gasteiger partial charge in [-0.15, -0.1) is 0 Å². The summed E-state index contributed by atoms with van der Waals surface area (Å²) < 4.78 is 0. The summed E-state index contributed by atoms with van der Waals surface area (Å²) in [4.78, 5) is 12.8. The van der Waals surface area contributed by atoms with Gasteiger partial charge < -0.3 is 10.6 Å². The zero-order valence-corrected chi connectivity index (χ0v) is 8.20. The number of fused-ring (bicyclic) bond motifs is 1. The summed E-state index contributed by atoms with van der Waals surface area (Å²) in [5.74, 6) is 2.45. The molecule has 0 bridgehead atoms. The van der Waals surface area contributed by atoms with Crippen LogP contribution in [-0.4, -0.2) is 24.0 Å². The van der Waals surface area contributed by atoms with Crippen molar-refractivity contribution in [2.75, 3.05) is 13.1 Å². The first-order chi connectivity index (χ1) is 6.16. The van der Waals surface area contributed by atoms with E-state index < -0.39 is 0 Å². The minimum absolute atomic E-state index is 0.238. The summed E-state index contributed by atoms with van der Waals surface area (Å²) in [6.45, 7) is 4.10. The average molecular weight is 182 g/mol. The molecule has 1 aliphatic carbocycles. The molecule has 1 saturated heterocycles. The lowest BCUT2D eigenvalue weighted by atomic mass is 9.89. The van der Waals surface area contributed by atoms with E-state index in [1.807, 2.05) is 0 Å². The van der Waals surface area contributed by atoms with Crippen molar-refractivity contribution in [3.8, 4) is 0 Å². The summed E-state index contributed by atoms with van der Waals surface area (Å²) in [6, 6.07) is -0.238. The normalized spacial score (nSPS) is 38.8. The van der Waals surface area contributed by atoms with Crippen LogP contribution in [-0.2, 0) is 0 Å².